The smallest absolute Gasteiger partial charge is 0.310 e. The summed E-state index contributed by atoms with van der Waals surface area (Å²) in [5, 5.41) is 0. The van der Waals surface area contributed by atoms with Crippen LogP contribution in [0, 0.1) is 5.92 Å². The van der Waals surface area contributed by atoms with Crippen molar-refractivity contribution in [2.24, 2.45) is 5.92 Å². The van der Waals surface area contributed by atoms with Gasteiger partial charge in [0.1, 0.15) is 0 Å². The van der Waals surface area contributed by atoms with Gasteiger partial charge in [-0.3, -0.25) is 4.79 Å². The number of hydrogen-bond acceptors (Lipinski definition) is 4. The highest BCUT2D eigenvalue weighted by molar-refractivity contribution is 5.75. The van der Waals surface area contributed by atoms with Gasteiger partial charge in [0.15, 0.2) is 0 Å². The molecule has 0 amide bonds. The Bertz CT molecular complexity index is 460. The van der Waals surface area contributed by atoms with Crippen LogP contribution < -0.4 is 9.80 Å². The maximum absolute atomic E-state index is 11.9. The van der Waals surface area contributed by atoms with E-state index in [9.17, 15) is 4.79 Å². The summed E-state index contributed by atoms with van der Waals surface area (Å²) in [6, 6.07) is 8.34. The molecule has 4 nitrogen and oxygen atoms in total. The van der Waals surface area contributed by atoms with Gasteiger partial charge in [-0.25, -0.2) is 0 Å². The Kier molecular flexibility index (Phi) is 4.88. The van der Waals surface area contributed by atoms with E-state index in [1.807, 2.05) is 27.1 Å². The number of benzene rings is 1. The zero-order chi connectivity index (χ0) is 14.5. The third kappa shape index (κ3) is 3.24. The van der Waals surface area contributed by atoms with Crippen LogP contribution in [0.3, 0.4) is 0 Å². The normalized spacial score (nSPS) is 18.8. The predicted octanol–water partition coefficient (Wildman–Crippen LogP) is 2.53. The number of anilines is 2. The highest BCUT2D eigenvalue weighted by Crippen LogP contribution is 2.31. The summed E-state index contributed by atoms with van der Waals surface area (Å²) in [4.78, 5) is 16.4. The number of esters is 1. The lowest BCUT2D eigenvalue weighted by Gasteiger charge is -2.35. The number of piperidine rings is 1. The number of ether oxygens (including phenoxy) is 1. The minimum atomic E-state index is -0.0560. The Morgan fingerprint density at radius 3 is 2.85 bits per heavy atom. The molecule has 1 fully saturated rings. The number of para-hydroxylation sites is 2. The molecule has 0 saturated carbocycles. The van der Waals surface area contributed by atoms with Gasteiger partial charge in [-0.2, -0.15) is 0 Å². The number of carbonyl (C=O) groups excluding carboxylic acids is 1. The maximum Gasteiger partial charge on any atom is 0.310 e. The average molecular weight is 276 g/mol. The average Bonchev–Trinajstić information content (AvgIpc) is 2.47. The molecule has 2 rings (SSSR count). The molecule has 0 N–H and O–H groups in total. The number of carbonyl (C=O) groups is 1. The molecule has 0 radical (unpaired) electrons. The summed E-state index contributed by atoms with van der Waals surface area (Å²) in [6.07, 6.45) is 1.96. The summed E-state index contributed by atoms with van der Waals surface area (Å²) >= 11 is 0. The minimum Gasteiger partial charge on any atom is -0.466 e. The van der Waals surface area contributed by atoms with Gasteiger partial charge in [0.05, 0.1) is 23.9 Å². The first-order chi connectivity index (χ1) is 9.63. The highest BCUT2D eigenvalue weighted by atomic mass is 16.5. The molecule has 1 aliphatic heterocycles. The minimum absolute atomic E-state index is 0.00100. The van der Waals surface area contributed by atoms with Crippen LogP contribution in [-0.4, -0.2) is 39.8 Å². The van der Waals surface area contributed by atoms with E-state index in [1.54, 1.807) is 0 Å². The molecule has 1 aromatic rings. The molecule has 1 unspecified atom stereocenters. The summed E-state index contributed by atoms with van der Waals surface area (Å²) in [5.74, 6) is -0.0570. The van der Waals surface area contributed by atoms with E-state index in [1.165, 1.54) is 11.4 Å². The van der Waals surface area contributed by atoms with Crippen LogP contribution in [-0.2, 0) is 9.53 Å². The molecule has 0 aromatic heterocycles. The van der Waals surface area contributed by atoms with E-state index in [-0.39, 0.29) is 11.9 Å². The standard InChI is InChI=1S/C16H24N2O2/c1-4-20-16(19)13-8-7-11-18(12-13)15-10-6-5-9-14(15)17(2)3/h5-6,9-10,13H,4,7-8,11-12H2,1-3H3. The van der Waals surface area contributed by atoms with Crippen LogP contribution in [0.5, 0.6) is 0 Å². The van der Waals surface area contributed by atoms with Crippen LogP contribution >= 0.6 is 0 Å². The lowest BCUT2D eigenvalue weighted by Crippen LogP contribution is -2.40. The summed E-state index contributed by atoms with van der Waals surface area (Å²) < 4.78 is 5.17. The van der Waals surface area contributed by atoms with Crippen LogP contribution in [0.15, 0.2) is 24.3 Å². The van der Waals surface area contributed by atoms with Crippen LogP contribution in [0.25, 0.3) is 0 Å². The maximum atomic E-state index is 11.9. The number of nitrogens with zero attached hydrogens (tertiary/aromatic N) is 2. The SMILES string of the molecule is CCOC(=O)C1CCCN(c2ccccc2N(C)C)C1. The molecule has 1 heterocycles. The van der Waals surface area contributed by atoms with E-state index >= 15 is 0 Å². The highest BCUT2D eigenvalue weighted by Gasteiger charge is 2.28. The van der Waals surface area contributed by atoms with Crippen molar-refractivity contribution in [2.75, 3.05) is 43.6 Å². The van der Waals surface area contributed by atoms with Crippen LogP contribution in [0.1, 0.15) is 19.8 Å². The Balaban J connectivity index is 2.15. The Morgan fingerprint density at radius 1 is 1.40 bits per heavy atom. The first-order valence-electron chi connectivity index (χ1n) is 7.31. The second kappa shape index (κ2) is 6.64. The van der Waals surface area contributed by atoms with E-state index in [0.29, 0.717) is 6.61 Å². The van der Waals surface area contributed by atoms with Crippen molar-refractivity contribution in [3.05, 3.63) is 24.3 Å². The second-order valence-electron chi connectivity index (χ2n) is 5.42. The number of hydrogen-bond donors (Lipinski definition) is 0. The first kappa shape index (κ1) is 14.7. The molecule has 1 aliphatic rings. The fourth-order valence-electron chi connectivity index (χ4n) is 2.76. The van der Waals surface area contributed by atoms with Crippen molar-refractivity contribution in [2.45, 2.75) is 19.8 Å². The lowest BCUT2D eigenvalue weighted by molar-refractivity contribution is -0.148. The van der Waals surface area contributed by atoms with Crippen LogP contribution in [0.4, 0.5) is 11.4 Å². The van der Waals surface area contributed by atoms with E-state index in [4.69, 9.17) is 4.74 Å². The zero-order valence-corrected chi connectivity index (χ0v) is 12.6. The van der Waals surface area contributed by atoms with Crippen molar-refractivity contribution in [3.8, 4) is 0 Å². The largest absolute Gasteiger partial charge is 0.466 e. The van der Waals surface area contributed by atoms with E-state index < -0.39 is 0 Å². The Hall–Kier alpha value is -1.71. The summed E-state index contributed by atoms with van der Waals surface area (Å²) in [6.45, 7) is 4.08. The van der Waals surface area contributed by atoms with Gasteiger partial charge in [0.25, 0.3) is 0 Å². The fourth-order valence-corrected chi connectivity index (χ4v) is 2.76. The second-order valence-corrected chi connectivity index (χ2v) is 5.42. The number of rotatable bonds is 4. The molecule has 0 bridgehead atoms. The molecular weight excluding hydrogens is 252 g/mol. The molecule has 1 saturated heterocycles. The molecule has 20 heavy (non-hydrogen) atoms. The topological polar surface area (TPSA) is 32.8 Å². The van der Waals surface area contributed by atoms with Gasteiger partial charge in [0.2, 0.25) is 0 Å². The summed E-state index contributed by atoms with van der Waals surface area (Å²) in [5.41, 5.74) is 2.39. The van der Waals surface area contributed by atoms with Gasteiger partial charge in [0, 0.05) is 27.2 Å². The van der Waals surface area contributed by atoms with Gasteiger partial charge in [-0.1, -0.05) is 12.1 Å². The summed E-state index contributed by atoms with van der Waals surface area (Å²) in [7, 11) is 4.09. The third-order valence-electron chi connectivity index (χ3n) is 3.75. The molecule has 110 valence electrons. The molecule has 0 spiro atoms. The third-order valence-corrected chi connectivity index (χ3v) is 3.75. The van der Waals surface area contributed by atoms with E-state index in [0.717, 1.165) is 25.9 Å². The lowest BCUT2D eigenvalue weighted by atomic mass is 9.97. The molecule has 1 aromatic carbocycles. The fraction of sp³-hybridized carbons (Fsp3) is 0.562. The van der Waals surface area contributed by atoms with Crippen molar-refractivity contribution in [1.82, 2.24) is 0 Å². The van der Waals surface area contributed by atoms with Crippen molar-refractivity contribution < 1.29 is 9.53 Å². The van der Waals surface area contributed by atoms with Crippen molar-refractivity contribution in [1.29, 1.82) is 0 Å². The van der Waals surface area contributed by atoms with Crippen molar-refractivity contribution in [3.63, 3.8) is 0 Å². The Labute approximate surface area is 121 Å². The van der Waals surface area contributed by atoms with Gasteiger partial charge < -0.3 is 14.5 Å². The van der Waals surface area contributed by atoms with Gasteiger partial charge in [-0.15, -0.1) is 0 Å². The zero-order valence-electron chi connectivity index (χ0n) is 12.6. The predicted molar refractivity (Wildman–Crippen MR) is 82.3 cm³/mol. The molecule has 1 atom stereocenters. The molecular formula is C16H24N2O2. The Morgan fingerprint density at radius 2 is 2.15 bits per heavy atom. The quantitative estimate of drug-likeness (QED) is 0.791. The van der Waals surface area contributed by atoms with E-state index in [2.05, 4.69) is 28.0 Å². The molecule has 4 heteroatoms. The monoisotopic (exact) mass is 276 g/mol. The molecule has 0 aliphatic carbocycles. The van der Waals surface area contributed by atoms with Crippen molar-refractivity contribution >= 4 is 17.3 Å². The van der Waals surface area contributed by atoms with Gasteiger partial charge in [-0.05, 0) is 31.9 Å². The van der Waals surface area contributed by atoms with Gasteiger partial charge >= 0.3 is 5.97 Å². The van der Waals surface area contributed by atoms with Crippen LogP contribution in [0.2, 0.25) is 0 Å². The first-order valence-corrected chi connectivity index (χ1v) is 7.31.